The molecule has 2 aliphatic rings. The van der Waals surface area contributed by atoms with Gasteiger partial charge in [-0.2, -0.15) is 23.5 Å². The Labute approximate surface area is 223 Å². The average Bonchev–Trinajstić information content (AvgIpc) is 3.33. The van der Waals surface area contributed by atoms with Crippen molar-refractivity contribution in [2.24, 2.45) is 10.1 Å². The fourth-order valence-electron chi connectivity index (χ4n) is 3.59. The fraction of sp³-hybridized carbons (Fsp3) is 0.115. The van der Waals surface area contributed by atoms with E-state index in [1.54, 1.807) is 55.7 Å². The number of benzene rings is 2. The zero-order chi connectivity index (χ0) is 26.9. The van der Waals surface area contributed by atoms with Crippen LogP contribution in [0.4, 0.5) is 0 Å². The molecule has 0 aliphatic carbocycles. The lowest BCUT2D eigenvalue weighted by molar-refractivity contribution is -0.114. The summed E-state index contributed by atoms with van der Waals surface area (Å²) >= 11 is 1.19. The minimum atomic E-state index is -4.10. The summed E-state index contributed by atoms with van der Waals surface area (Å²) in [5.41, 5.74) is 2.23. The van der Waals surface area contributed by atoms with Crippen molar-refractivity contribution < 1.29 is 22.1 Å². The molecule has 12 heteroatoms. The third kappa shape index (κ3) is 5.08. The Balaban J connectivity index is 1.43. The van der Waals surface area contributed by atoms with Gasteiger partial charge in [-0.25, -0.2) is 0 Å². The molecule has 1 amide bonds. The molecule has 0 saturated carbocycles. The average molecular weight is 548 g/mol. The quantitative estimate of drug-likeness (QED) is 0.343. The highest BCUT2D eigenvalue weighted by atomic mass is 32.2. The highest BCUT2D eigenvalue weighted by molar-refractivity contribution is 8.27. The van der Waals surface area contributed by atoms with Crippen molar-refractivity contribution in [3.63, 3.8) is 0 Å². The van der Waals surface area contributed by atoms with Crippen molar-refractivity contribution in [1.82, 2.24) is 9.99 Å². The summed E-state index contributed by atoms with van der Waals surface area (Å²) in [5.74, 6) is -0.536. The van der Waals surface area contributed by atoms with Crippen LogP contribution in [0.1, 0.15) is 23.6 Å². The van der Waals surface area contributed by atoms with E-state index in [1.165, 1.54) is 41.0 Å². The standard InChI is InChI=1S/C26H21N5O5S2/c1-3-35-22-15-17(6-9-21(22)36-38(33,34)19-7-4-16(2)5-8-19)14-20-23(27)31-26(29-24(20)32)37-25(30-31)18-10-12-28-13-11-18/h4-15,27H,3H2,1-2H3/b20-14-,27-23?. The summed E-state index contributed by atoms with van der Waals surface area (Å²) in [7, 11) is -4.10. The van der Waals surface area contributed by atoms with Crippen molar-refractivity contribution in [3.8, 4) is 11.5 Å². The van der Waals surface area contributed by atoms with Gasteiger partial charge in [-0.3, -0.25) is 15.2 Å². The summed E-state index contributed by atoms with van der Waals surface area (Å²) in [6.45, 7) is 3.86. The molecule has 2 aromatic carbocycles. The first-order chi connectivity index (χ1) is 18.2. The van der Waals surface area contributed by atoms with E-state index in [-0.39, 0.29) is 34.4 Å². The molecule has 192 valence electrons. The largest absolute Gasteiger partial charge is 0.490 e. The van der Waals surface area contributed by atoms with Gasteiger partial charge in [0.1, 0.15) is 9.94 Å². The number of pyridine rings is 1. The number of rotatable bonds is 7. The van der Waals surface area contributed by atoms with E-state index in [9.17, 15) is 13.2 Å². The van der Waals surface area contributed by atoms with E-state index in [4.69, 9.17) is 14.3 Å². The van der Waals surface area contributed by atoms with Crippen LogP contribution in [0.15, 0.2) is 87.6 Å². The maximum atomic E-state index is 12.8. The number of amides is 1. The summed E-state index contributed by atoms with van der Waals surface area (Å²) in [6, 6.07) is 14.4. The van der Waals surface area contributed by atoms with Crippen molar-refractivity contribution in [3.05, 3.63) is 89.3 Å². The molecular weight excluding hydrogens is 526 g/mol. The SMILES string of the molecule is CCOc1cc(/C=C2/C(=N)N3N=C(c4ccncc4)SC3=NC2=O)ccc1OS(=O)(=O)c1ccc(C)cc1. The van der Waals surface area contributed by atoms with Crippen molar-refractivity contribution in [1.29, 1.82) is 5.41 Å². The van der Waals surface area contributed by atoms with Gasteiger partial charge in [-0.05, 0) is 73.6 Å². The monoisotopic (exact) mass is 547 g/mol. The predicted octanol–water partition coefficient (Wildman–Crippen LogP) is 4.22. The van der Waals surface area contributed by atoms with Crippen molar-refractivity contribution >= 4 is 49.9 Å². The Hall–Kier alpha value is -4.29. The number of fused-ring (bicyclic) bond motifs is 1. The van der Waals surface area contributed by atoms with Gasteiger partial charge in [-0.1, -0.05) is 23.8 Å². The fourth-order valence-corrected chi connectivity index (χ4v) is 5.43. The molecule has 2 aliphatic heterocycles. The van der Waals surface area contributed by atoms with Crippen molar-refractivity contribution in [2.75, 3.05) is 6.61 Å². The number of thioether (sulfide) groups is 1. The molecule has 3 aromatic rings. The van der Waals surface area contributed by atoms with E-state index in [2.05, 4.69) is 15.1 Å². The molecule has 0 saturated heterocycles. The molecule has 1 aromatic heterocycles. The number of hydrazone groups is 1. The maximum Gasteiger partial charge on any atom is 0.339 e. The molecule has 0 bridgehead atoms. The molecule has 0 spiro atoms. The normalized spacial score (nSPS) is 16.3. The third-order valence-electron chi connectivity index (χ3n) is 5.47. The predicted molar refractivity (Wildman–Crippen MR) is 145 cm³/mol. The van der Waals surface area contributed by atoms with E-state index in [1.807, 2.05) is 6.92 Å². The number of aromatic nitrogens is 1. The number of hydrogen-bond donors (Lipinski definition) is 1. The number of nitrogens with one attached hydrogen (secondary N) is 1. The molecule has 0 fully saturated rings. The molecule has 1 N–H and O–H groups in total. The molecule has 5 rings (SSSR count). The minimum Gasteiger partial charge on any atom is -0.490 e. The van der Waals surface area contributed by atoms with Crippen molar-refractivity contribution in [2.45, 2.75) is 18.7 Å². The van der Waals surface area contributed by atoms with Gasteiger partial charge < -0.3 is 8.92 Å². The van der Waals surface area contributed by atoms with Crippen LogP contribution in [0.25, 0.3) is 6.08 Å². The number of hydrogen-bond acceptors (Lipinski definition) is 9. The van der Waals surface area contributed by atoms with Gasteiger partial charge >= 0.3 is 10.1 Å². The van der Waals surface area contributed by atoms with E-state index < -0.39 is 16.0 Å². The Morgan fingerprint density at radius 3 is 2.50 bits per heavy atom. The first-order valence-corrected chi connectivity index (χ1v) is 13.7. The second kappa shape index (κ2) is 10.2. The number of carbonyl (C=O) groups excluding carboxylic acids is 1. The van der Waals surface area contributed by atoms with Gasteiger partial charge in [0.2, 0.25) is 5.17 Å². The van der Waals surface area contributed by atoms with Crippen LogP contribution < -0.4 is 8.92 Å². The zero-order valence-corrected chi connectivity index (χ0v) is 21.9. The van der Waals surface area contributed by atoms with Gasteiger partial charge in [0, 0.05) is 18.0 Å². The number of nitrogens with zero attached hydrogens (tertiary/aromatic N) is 4. The Morgan fingerprint density at radius 2 is 1.79 bits per heavy atom. The summed E-state index contributed by atoms with van der Waals surface area (Å²) in [5, 5.41) is 15.2. The van der Waals surface area contributed by atoms with Crippen LogP contribution in [-0.4, -0.2) is 47.0 Å². The Bertz CT molecular complexity index is 1630. The third-order valence-corrected chi connectivity index (χ3v) is 7.68. The molecular formula is C26H21N5O5S2. The lowest BCUT2D eigenvalue weighted by atomic mass is 10.1. The molecule has 0 atom stereocenters. The number of aliphatic imine (C=N–C) groups is 1. The number of carbonyl (C=O) groups is 1. The van der Waals surface area contributed by atoms with Crippen LogP contribution >= 0.6 is 11.8 Å². The van der Waals surface area contributed by atoms with Crippen LogP contribution in [0.3, 0.4) is 0 Å². The molecule has 3 heterocycles. The summed E-state index contributed by atoms with van der Waals surface area (Å²) in [6.07, 6.45) is 4.75. The first kappa shape index (κ1) is 25.4. The van der Waals surface area contributed by atoms with Gasteiger partial charge in [0.15, 0.2) is 17.3 Å². The molecule has 0 unspecified atom stereocenters. The lowest BCUT2D eigenvalue weighted by Crippen LogP contribution is -2.35. The molecule has 10 nitrogen and oxygen atoms in total. The minimum absolute atomic E-state index is 0.00228. The van der Waals surface area contributed by atoms with Crippen LogP contribution in [0.5, 0.6) is 11.5 Å². The van der Waals surface area contributed by atoms with Gasteiger partial charge in [0.25, 0.3) is 5.91 Å². The summed E-state index contributed by atoms with van der Waals surface area (Å²) in [4.78, 5) is 20.9. The number of aryl methyl sites for hydroxylation is 1. The second-order valence-electron chi connectivity index (χ2n) is 8.15. The molecule has 0 radical (unpaired) electrons. The van der Waals surface area contributed by atoms with E-state index >= 15 is 0 Å². The van der Waals surface area contributed by atoms with Crippen LogP contribution in [0.2, 0.25) is 0 Å². The highest BCUT2D eigenvalue weighted by Gasteiger charge is 2.36. The van der Waals surface area contributed by atoms with E-state index in [0.29, 0.717) is 15.8 Å². The zero-order valence-electron chi connectivity index (χ0n) is 20.3. The second-order valence-corrected chi connectivity index (χ2v) is 10.7. The Kier molecular flexibility index (Phi) is 6.83. The maximum absolute atomic E-state index is 12.8. The highest BCUT2D eigenvalue weighted by Crippen LogP contribution is 2.34. The van der Waals surface area contributed by atoms with Crippen LogP contribution in [-0.2, 0) is 14.9 Å². The molecule has 38 heavy (non-hydrogen) atoms. The first-order valence-electron chi connectivity index (χ1n) is 11.4. The van der Waals surface area contributed by atoms with E-state index in [0.717, 1.165) is 11.1 Å². The Morgan fingerprint density at radius 1 is 1.05 bits per heavy atom. The lowest BCUT2D eigenvalue weighted by Gasteiger charge is -2.20. The topological polar surface area (TPSA) is 134 Å². The number of amidine groups is 2. The van der Waals surface area contributed by atoms with Gasteiger partial charge in [0.05, 0.1) is 12.2 Å². The van der Waals surface area contributed by atoms with Gasteiger partial charge in [-0.15, -0.1) is 0 Å². The van der Waals surface area contributed by atoms with Crippen LogP contribution in [0, 0.1) is 12.3 Å². The summed E-state index contributed by atoms with van der Waals surface area (Å²) < 4.78 is 36.6. The smallest absolute Gasteiger partial charge is 0.339 e. The number of ether oxygens (including phenoxy) is 1.